The van der Waals surface area contributed by atoms with E-state index >= 15 is 0 Å². The van der Waals surface area contributed by atoms with Crippen LogP contribution in [0.3, 0.4) is 0 Å². The summed E-state index contributed by atoms with van der Waals surface area (Å²) in [7, 11) is 3.31. The summed E-state index contributed by atoms with van der Waals surface area (Å²) in [5.41, 5.74) is 6.91. The average Bonchev–Trinajstić information content (AvgIpc) is 2.53. The summed E-state index contributed by atoms with van der Waals surface area (Å²) in [6.45, 7) is 5.28. The van der Waals surface area contributed by atoms with Crippen LogP contribution >= 0.6 is 0 Å². The van der Waals surface area contributed by atoms with E-state index in [1.54, 1.807) is 14.2 Å². The molecule has 1 saturated heterocycles. The zero-order valence-corrected chi connectivity index (χ0v) is 12.5. The second kappa shape index (κ2) is 6.92. The molecule has 0 radical (unpaired) electrons. The maximum Gasteiger partial charge on any atom is 0.161 e. The molecule has 0 amide bonds. The summed E-state index contributed by atoms with van der Waals surface area (Å²) >= 11 is 0. The van der Waals surface area contributed by atoms with E-state index in [1.165, 1.54) is 5.56 Å². The van der Waals surface area contributed by atoms with Gasteiger partial charge in [-0.25, -0.2) is 0 Å². The molecule has 5 nitrogen and oxygen atoms in total. The summed E-state index contributed by atoms with van der Waals surface area (Å²) < 4.78 is 16.3. The fourth-order valence-corrected chi connectivity index (χ4v) is 2.56. The predicted molar refractivity (Wildman–Crippen MR) is 78.3 cm³/mol. The Bertz CT molecular complexity index is 439. The van der Waals surface area contributed by atoms with Gasteiger partial charge in [-0.05, 0) is 24.6 Å². The highest BCUT2D eigenvalue weighted by Gasteiger charge is 2.24. The van der Waals surface area contributed by atoms with Gasteiger partial charge in [-0.1, -0.05) is 6.07 Å². The second-order valence-electron chi connectivity index (χ2n) is 5.01. The van der Waals surface area contributed by atoms with E-state index in [9.17, 15) is 0 Å². The molecule has 1 aliphatic rings. The fraction of sp³-hybridized carbons (Fsp3) is 0.600. The number of nitrogens with two attached hydrogens (primary N) is 1. The van der Waals surface area contributed by atoms with E-state index in [1.807, 2.05) is 12.1 Å². The lowest BCUT2D eigenvalue weighted by molar-refractivity contribution is -0.0364. The molecule has 0 bridgehead atoms. The van der Waals surface area contributed by atoms with Crippen molar-refractivity contribution < 1.29 is 14.2 Å². The van der Waals surface area contributed by atoms with E-state index in [0.717, 1.165) is 31.2 Å². The van der Waals surface area contributed by atoms with Crippen LogP contribution in [-0.2, 0) is 4.74 Å². The first kappa shape index (κ1) is 15.1. The largest absolute Gasteiger partial charge is 0.493 e. The van der Waals surface area contributed by atoms with E-state index in [4.69, 9.17) is 19.9 Å². The summed E-state index contributed by atoms with van der Waals surface area (Å²) in [6.07, 6.45) is 0.131. The number of rotatable bonds is 5. The summed E-state index contributed by atoms with van der Waals surface area (Å²) in [5, 5.41) is 0. The number of nitrogens with zero attached hydrogens (tertiary/aromatic N) is 1. The Morgan fingerprint density at radius 1 is 1.35 bits per heavy atom. The Morgan fingerprint density at radius 3 is 2.75 bits per heavy atom. The predicted octanol–water partition coefficient (Wildman–Crippen LogP) is 1.42. The number of morpholine rings is 1. The lowest BCUT2D eigenvalue weighted by atomic mass is 10.0. The van der Waals surface area contributed by atoms with E-state index in [0.29, 0.717) is 12.6 Å². The monoisotopic (exact) mass is 280 g/mol. The highest BCUT2D eigenvalue weighted by molar-refractivity contribution is 5.43. The molecule has 2 atom stereocenters. The molecule has 112 valence electrons. The lowest BCUT2D eigenvalue weighted by Crippen LogP contribution is -2.46. The van der Waals surface area contributed by atoms with E-state index < -0.39 is 0 Å². The Morgan fingerprint density at radius 2 is 2.10 bits per heavy atom. The van der Waals surface area contributed by atoms with Gasteiger partial charge in [-0.3, -0.25) is 4.90 Å². The first-order chi connectivity index (χ1) is 9.69. The van der Waals surface area contributed by atoms with Gasteiger partial charge in [0, 0.05) is 25.7 Å². The minimum atomic E-state index is 0.131. The molecule has 1 aromatic rings. The van der Waals surface area contributed by atoms with Crippen LogP contribution < -0.4 is 15.2 Å². The zero-order chi connectivity index (χ0) is 14.5. The van der Waals surface area contributed by atoms with Crippen molar-refractivity contribution in [3.8, 4) is 11.5 Å². The normalized spacial score (nSPS) is 21.5. The Labute approximate surface area is 120 Å². The first-order valence-electron chi connectivity index (χ1n) is 6.97. The van der Waals surface area contributed by atoms with Gasteiger partial charge in [0.2, 0.25) is 0 Å². The maximum absolute atomic E-state index is 5.70. The van der Waals surface area contributed by atoms with Gasteiger partial charge in [0.05, 0.1) is 26.9 Å². The van der Waals surface area contributed by atoms with Crippen LogP contribution in [0, 0.1) is 0 Å². The number of hydrogen-bond donors (Lipinski definition) is 1. The standard InChI is InChI=1S/C15H24N2O3/c1-11(17-6-7-20-13(9-16)10-17)12-4-5-14(18-2)15(8-12)19-3/h4-5,8,11,13H,6-7,9-10,16H2,1-3H3. The molecule has 1 aliphatic heterocycles. The lowest BCUT2D eigenvalue weighted by Gasteiger charge is -2.36. The maximum atomic E-state index is 5.70. The van der Waals surface area contributed by atoms with E-state index in [-0.39, 0.29) is 6.10 Å². The van der Waals surface area contributed by atoms with Crippen LogP contribution in [0.25, 0.3) is 0 Å². The Kier molecular flexibility index (Phi) is 5.23. The van der Waals surface area contributed by atoms with Crippen LogP contribution in [-0.4, -0.2) is 51.5 Å². The third-order valence-electron chi connectivity index (χ3n) is 3.87. The quantitative estimate of drug-likeness (QED) is 0.884. The number of hydrogen-bond acceptors (Lipinski definition) is 5. The fourth-order valence-electron chi connectivity index (χ4n) is 2.56. The molecule has 0 spiro atoms. The van der Waals surface area contributed by atoms with Crippen LogP contribution in [0.2, 0.25) is 0 Å². The van der Waals surface area contributed by atoms with Crippen LogP contribution in [0.4, 0.5) is 0 Å². The minimum Gasteiger partial charge on any atom is -0.493 e. The molecular weight excluding hydrogens is 256 g/mol. The number of ether oxygens (including phenoxy) is 3. The molecule has 0 aliphatic carbocycles. The molecular formula is C15H24N2O3. The summed E-state index contributed by atoms with van der Waals surface area (Å²) in [5.74, 6) is 1.52. The Hall–Kier alpha value is -1.30. The first-order valence-corrected chi connectivity index (χ1v) is 6.97. The van der Waals surface area contributed by atoms with Crippen molar-refractivity contribution in [2.24, 2.45) is 5.73 Å². The van der Waals surface area contributed by atoms with Gasteiger partial charge in [0.25, 0.3) is 0 Å². The smallest absolute Gasteiger partial charge is 0.161 e. The molecule has 1 aromatic carbocycles. The summed E-state index contributed by atoms with van der Waals surface area (Å²) in [6, 6.07) is 6.37. The van der Waals surface area contributed by atoms with Gasteiger partial charge >= 0.3 is 0 Å². The Balaban J connectivity index is 2.13. The topological polar surface area (TPSA) is 57.0 Å². The van der Waals surface area contributed by atoms with Crippen molar-refractivity contribution in [3.05, 3.63) is 23.8 Å². The minimum absolute atomic E-state index is 0.131. The average molecular weight is 280 g/mol. The molecule has 1 heterocycles. The van der Waals surface area contributed by atoms with Crippen molar-refractivity contribution in [1.82, 2.24) is 4.90 Å². The summed E-state index contributed by atoms with van der Waals surface area (Å²) in [4.78, 5) is 2.39. The SMILES string of the molecule is COc1ccc(C(C)N2CCOC(CN)C2)cc1OC. The van der Waals surface area contributed by atoms with Crippen molar-refractivity contribution >= 4 is 0 Å². The van der Waals surface area contributed by atoms with Gasteiger partial charge in [-0.2, -0.15) is 0 Å². The van der Waals surface area contributed by atoms with Crippen LogP contribution in [0.15, 0.2) is 18.2 Å². The molecule has 2 rings (SSSR count). The second-order valence-corrected chi connectivity index (χ2v) is 5.01. The van der Waals surface area contributed by atoms with Crippen molar-refractivity contribution in [3.63, 3.8) is 0 Å². The highest BCUT2D eigenvalue weighted by Crippen LogP contribution is 2.32. The third-order valence-corrected chi connectivity index (χ3v) is 3.87. The molecule has 20 heavy (non-hydrogen) atoms. The molecule has 0 aromatic heterocycles. The molecule has 2 N–H and O–H groups in total. The zero-order valence-electron chi connectivity index (χ0n) is 12.5. The molecule has 0 saturated carbocycles. The molecule has 1 fully saturated rings. The van der Waals surface area contributed by atoms with E-state index in [2.05, 4.69) is 17.9 Å². The molecule has 5 heteroatoms. The molecule has 2 unspecified atom stereocenters. The van der Waals surface area contributed by atoms with Gasteiger partial charge < -0.3 is 19.9 Å². The van der Waals surface area contributed by atoms with Gasteiger partial charge in [0.1, 0.15) is 0 Å². The number of benzene rings is 1. The van der Waals surface area contributed by atoms with Crippen LogP contribution in [0.1, 0.15) is 18.5 Å². The van der Waals surface area contributed by atoms with Crippen molar-refractivity contribution in [2.45, 2.75) is 19.1 Å². The highest BCUT2D eigenvalue weighted by atomic mass is 16.5. The van der Waals surface area contributed by atoms with Crippen molar-refractivity contribution in [1.29, 1.82) is 0 Å². The number of methoxy groups -OCH3 is 2. The van der Waals surface area contributed by atoms with Gasteiger partial charge in [0.15, 0.2) is 11.5 Å². The van der Waals surface area contributed by atoms with Crippen LogP contribution in [0.5, 0.6) is 11.5 Å². The van der Waals surface area contributed by atoms with Crippen molar-refractivity contribution in [2.75, 3.05) is 40.5 Å². The van der Waals surface area contributed by atoms with Gasteiger partial charge in [-0.15, -0.1) is 0 Å². The third kappa shape index (κ3) is 3.23.